The molecule has 0 aromatic carbocycles. The maximum Gasteiger partial charge on any atom is 0.232 e. The van der Waals surface area contributed by atoms with Gasteiger partial charge in [-0.2, -0.15) is 12.6 Å². The summed E-state index contributed by atoms with van der Waals surface area (Å²) in [4.78, 5) is 11.1. The average Bonchev–Trinajstić information content (AvgIpc) is 2.11. The summed E-state index contributed by atoms with van der Waals surface area (Å²) < 4.78 is 0. The standard InChI is InChI=1S/C9H19NO2S/c1-3-8(4-5-11)6-10-9(12)7(2)13/h7-8,11,13H,3-6H2,1-2H3,(H,10,12). The summed E-state index contributed by atoms with van der Waals surface area (Å²) in [5, 5.41) is 11.2. The molecule has 0 rings (SSSR count). The number of thiol groups is 1. The Morgan fingerprint density at radius 1 is 1.62 bits per heavy atom. The molecule has 0 saturated carbocycles. The fourth-order valence-corrected chi connectivity index (χ4v) is 1.12. The molecule has 0 aromatic rings. The molecule has 0 spiro atoms. The number of carbonyl (C=O) groups excluding carboxylic acids is 1. The highest BCUT2D eigenvalue weighted by Gasteiger charge is 2.10. The van der Waals surface area contributed by atoms with Crippen molar-refractivity contribution in [2.75, 3.05) is 13.2 Å². The molecule has 0 radical (unpaired) electrons. The molecule has 2 unspecified atom stereocenters. The highest BCUT2D eigenvalue weighted by atomic mass is 32.1. The van der Waals surface area contributed by atoms with E-state index >= 15 is 0 Å². The number of rotatable bonds is 6. The van der Waals surface area contributed by atoms with Gasteiger partial charge in [0.05, 0.1) is 5.25 Å². The van der Waals surface area contributed by atoms with Crippen molar-refractivity contribution in [1.29, 1.82) is 0 Å². The number of aliphatic hydroxyl groups is 1. The maximum atomic E-state index is 11.1. The van der Waals surface area contributed by atoms with Crippen molar-refractivity contribution >= 4 is 18.5 Å². The highest BCUT2D eigenvalue weighted by Crippen LogP contribution is 2.05. The van der Waals surface area contributed by atoms with Crippen molar-refractivity contribution in [1.82, 2.24) is 5.32 Å². The van der Waals surface area contributed by atoms with E-state index in [1.54, 1.807) is 6.92 Å². The molecule has 0 aliphatic heterocycles. The molecule has 0 aliphatic rings. The lowest BCUT2D eigenvalue weighted by Crippen LogP contribution is -2.34. The van der Waals surface area contributed by atoms with Crippen LogP contribution in [0.3, 0.4) is 0 Å². The van der Waals surface area contributed by atoms with E-state index < -0.39 is 0 Å². The van der Waals surface area contributed by atoms with Crippen molar-refractivity contribution in [3.05, 3.63) is 0 Å². The maximum absolute atomic E-state index is 11.1. The summed E-state index contributed by atoms with van der Waals surface area (Å²) in [5.74, 6) is 0.334. The van der Waals surface area contributed by atoms with Gasteiger partial charge in [-0.1, -0.05) is 13.3 Å². The van der Waals surface area contributed by atoms with E-state index in [0.29, 0.717) is 12.5 Å². The van der Waals surface area contributed by atoms with E-state index in [-0.39, 0.29) is 17.8 Å². The fourth-order valence-electron chi connectivity index (χ4n) is 1.03. The largest absolute Gasteiger partial charge is 0.396 e. The third kappa shape index (κ3) is 5.93. The number of amides is 1. The second-order valence-corrected chi connectivity index (χ2v) is 3.98. The smallest absolute Gasteiger partial charge is 0.232 e. The summed E-state index contributed by atoms with van der Waals surface area (Å²) in [6, 6.07) is 0. The molecule has 0 aromatic heterocycles. The Hall–Kier alpha value is -0.220. The van der Waals surface area contributed by atoms with Gasteiger partial charge in [-0.3, -0.25) is 4.79 Å². The van der Waals surface area contributed by atoms with Crippen LogP contribution in [0, 0.1) is 5.92 Å². The van der Waals surface area contributed by atoms with Gasteiger partial charge in [-0.25, -0.2) is 0 Å². The SMILES string of the molecule is CCC(CCO)CNC(=O)C(C)S. The van der Waals surface area contributed by atoms with Crippen LogP contribution in [0.1, 0.15) is 26.7 Å². The quantitative estimate of drug-likeness (QED) is 0.563. The van der Waals surface area contributed by atoms with Crippen molar-refractivity contribution < 1.29 is 9.90 Å². The minimum atomic E-state index is -0.258. The Morgan fingerprint density at radius 2 is 2.23 bits per heavy atom. The van der Waals surface area contributed by atoms with Crippen molar-refractivity contribution in [3.63, 3.8) is 0 Å². The lowest BCUT2D eigenvalue weighted by Gasteiger charge is -2.15. The Kier molecular flexibility index (Phi) is 7.09. The predicted molar refractivity (Wildman–Crippen MR) is 56.9 cm³/mol. The molecule has 3 nitrogen and oxygen atoms in total. The Morgan fingerprint density at radius 3 is 2.62 bits per heavy atom. The van der Waals surface area contributed by atoms with Gasteiger partial charge in [0.2, 0.25) is 5.91 Å². The van der Waals surface area contributed by atoms with Crippen LogP contribution in [0.2, 0.25) is 0 Å². The van der Waals surface area contributed by atoms with E-state index in [0.717, 1.165) is 12.8 Å². The lowest BCUT2D eigenvalue weighted by atomic mass is 10.0. The van der Waals surface area contributed by atoms with Crippen LogP contribution in [-0.2, 0) is 4.79 Å². The second kappa shape index (κ2) is 7.21. The second-order valence-electron chi connectivity index (χ2n) is 3.21. The molecular weight excluding hydrogens is 186 g/mol. The normalized spacial score (nSPS) is 15.1. The van der Waals surface area contributed by atoms with E-state index in [2.05, 4.69) is 24.9 Å². The third-order valence-corrected chi connectivity index (χ3v) is 2.29. The summed E-state index contributed by atoms with van der Waals surface area (Å²) in [5.41, 5.74) is 0. The van der Waals surface area contributed by atoms with Crippen molar-refractivity contribution in [3.8, 4) is 0 Å². The molecule has 0 aliphatic carbocycles. The molecule has 0 fully saturated rings. The number of carbonyl (C=O) groups is 1. The Balaban J connectivity index is 3.65. The van der Waals surface area contributed by atoms with E-state index in [4.69, 9.17) is 5.11 Å². The first kappa shape index (κ1) is 12.8. The van der Waals surface area contributed by atoms with Crippen LogP contribution in [0.5, 0.6) is 0 Å². The van der Waals surface area contributed by atoms with E-state index in [9.17, 15) is 4.79 Å². The van der Waals surface area contributed by atoms with E-state index in [1.807, 2.05) is 0 Å². The minimum absolute atomic E-state index is 0.0419. The van der Waals surface area contributed by atoms with Crippen LogP contribution in [0.15, 0.2) is 0 Å². The molecule has 1 amide bonds. The number of hydrogen-bond acceptors (Lipinski definition) is 3. The molecular formula is C9H19NO2S. The summed E-state index contributed by atoms with van der Waals surface area (Å²) in [6.45, 7) is 4.62. The van der Waals surface area contributed by atoms with Crippen molar-refractivity contribution in [2.45, 2.75) is 31.9 Å². The topological polar surface area (TPSA) is 49.3 Å². The van der Waals surface area contributed by atoms with Crippen molar-refractivity contribution in [2.24, 2.45) is 5.92 Å². The third-order valence-electron chi connectivity index (χ3n) is 2.06. The zero-order valence-electron chi connectivity index (χ0n) is 8.29. The van der Waals surface area contributed by atoms with Gasteiger partial charge in [0.1, 0.15) is 0 Å². The molecule has 78 valence electrons. The molecule has 0 saturated heterocycles. The minimum Gasteiger partial charge on any atom is -0.396 e. The molecule has 0 bridgehead atoms. The molecule has 2 N–H and O–H groups in total. The zero-order chi connectivity index (χ0) is 10.3. The van der Waals surface area contributed by atoms with Gasteiger partial charge >= 0.3 is 0 Å². The highest BCUT2D eigenvalue weighted by molar-refractivity contribution is 7.81. The average molecular weight is 205 g/mol. The summed E-state index contributed by atoms with van der Waals surface area (Å²) in [6.07, 6.45) is 1.72. The molecule has 2 atom stereocenters. The number of nitrogens with one attached hydrogen (secondary N) is 1. The van der Waals surface area contributed by atoms with Gasteiger partial charge in [0.25, 0.3) is 0 Å². The Labute approximate surface area is 85.3 Å². The van der Waals surface area contributed by atoms with Gasteiger partial charge in [0.15, 0.2) is 0 Å². The van der Waals surface area contributed by atoms with Gasteiger partial charge in [0, 0.05) is 13.2 Å². The number of hydrogen-bond donors (Lipinski definition) is 3. The van der Waals surface area contributed by atoms with Crippen LogP contribution < -0.4 is 5.32 Å². The first-order valence-electron chi connectivity index (χ1n) is 4.68. The molecule has 13 heavy (non-hydrogen) atoms. The predicted octanol–water partition coefficient (Wildman–Crippen LogP) is 0.829. The van der Waals surface area contributed by atoms with Crippen LogP contribution in [-0.4, -0.2) is 29.4 Å². The summed E-state index contributed by atoms with van der Waals surface area (Å²) >= 11 is 4.02. The van der Waals surface area contributed by atoms with Crippen LogP contribution in [0.4, 0.5) is 0 Å². The van der Waals surface area contributed by atoms with Crippen LogP contribution in [0.25, 0.3) is 0 Å². The Bertz CT molecular complexity index is 151. The number of aliphatic hydroxyl groups excluding tert-OH is 1. The van der Waals surface area contributed by atoms with Crippen LogP contribution >= 0.6 is 12.6 Å². The molecule has 0 heterocycles. The molecule has 4 heteroatoms. The zero-order valence-corrected chi connectivity index (χ0v) is 9.18. The van der Waals surface area contributed by atoms with Gasteiger partial charge < -0.3 is 10.4 Å². The van der Waals surface area contributed by atoms with Gasteiger partial charge in [-0.05, 0) is 19.3 Å². The van der Waals surface area contributed by atoms with Gasteiger partial charge in [-0.15, -0.1) is 0 Å². The fraction of sp³-hybridized carbons (Fsp3) is 0.889. The first-order valence-corrected chi connectivity index (χ1v) is 5.20. The van der Waals surface area contributed by atoms with E-state index in [1.165, 1.54) is 0 Å². The monoisotopic (exact) mass is 205 g/mol. The first-order chi connectivity index (χ1) is 6.11. The summed E-state index contributed by atoms with van der Waals surface area (Å²) in [7, 11) is 0. The lowest BCUT2D eigenvalue weighted by molar-refractivity contribution is -0.120.